The minimum Gasteiger partial charge on any atom is -0.378 e. The Morgan fingerprint density at radius 2 is 1.93 bits per heavy atom. The number of fused-ring (bicyclic) bond motifs is 1. The molecule has 5 rings (SSSR count). The molecule has 2 aromatic carbocycles. The molecule has 1 fully saturated rings. The highest BCUT2D eigenvalue weighted by Gasteiger charge is 2.17. The van der Waals surface area contributed by atoms with Gasteiger partial charge in [0.15, 0.2) is 5.13 Å². The van der Waals surface area contributed by atoms with Crippen molar-refractivity contribution in [3.8, 4) is 5.69 Å². The molecule has 146 valence electrons. The highest BCUT2D eigenvalue weighted by molar-refractivity contribution is 7.22. The number of ether oxygens (including phenoxy) is 1. The number of benzene rings is 2. The van der Waals surface area contributed by atoms with E-state index in [9.17, 15) is 4.79 Å². The van der Waals surface area contributed by atoms with E-state index in [1.54, 1.807) is 28.4 Å². The summed E-state index contributed by atoms with van der Waals surface area (Å²) in [6.45, 7) is 3.17. The molecule has 0 aliphatic carbocycles. The maximum atomic E-state index is 12.9. The Labute approximate surface area is 171 Å². The second kappa shape index (κ2) is 7.65. The fourth-order valence-corrected chi connectivity index (χ4v) is 4.39. The number of nitrogens with zero attached hydrogens (tertiary/aromatic N) is 4. The first kappa shape index (κ1) is 17.8. The van der Waals surface area contributed by atoms with Crippen LogP contribution in [0.1, 0.15) is 10.5 Å². The molecule has 1 aliphatic rings. The summed E-state index contributed by atoms with van der Waals surface area (Å²) >= 11 is 1.63. The van der Waals surface area contributed by atoms with Crippen molar-refractivity contribution in [1.82, 2.24) is 14.5 Å². The van der Waals surface area contributed by atoms with Gasteiger partial charge >= 0.3 is 0 Å². The first-order valence-electron chi connectivity index (χ1n) is 9.40. The summed E-state index contributed by atoms with van der Waals surface area (Å²) < 4.78 is 8.23. The topological polar surface area (TPSA) is 72.3 Å². The van der Waals surface area contributed by atoms with Crippen molar-refractivity contribution in [2.24, 2.45) is 0 Å². The molecule has 0 saturated carbocycles. The van der Waals surface area contributed by atoms with E-state index in [1.807, 2.05) is 48.5 Å². The number of amides is 1. The maximum absolute atomic E-state index is 12.9. The van der Waals surface area contributed by atoms with Crippen LogP contribution in [-0.2, 0) is 4.74 Å². The van der Waals surface area contributed by atoms with E-state index in [4.69, 9.17) is 9.72 Å². The molecule has 8 heteroatoms. The molecule has 2 aromatic heterocycles. The van der Waals surface area contributed by atoms with Crippen LogP contribution in [0, 0.1) is 0 Å². The van der Waals surface area contributed by atoms with Gasteiger partial charge in [-0.15, -0.1) is 0 Å². The van der Waals surface area contributed by atoms with Crippen LogP contribution < -0.4 is 10.2 Å². The predicted molar refractivity (Wildman–Crippen MR) is 114 cm³/mol. The Hall–Kier alpha value is -3.23. The lowest BCUT2D eigenvalue weighted by atomic mass is 10.2. The molecule has 1 amide bonds. The van der Waals surface area contributed by atoms with Crippen LogP contribution in [0.4, 0.5) is 10.8 Å². The van der Waals surface area contributed by atoms with Gasteiger partial charge in [0.05, 0.1) is 36.0 Å². The number of hydrogen-bond donors (Lipinski definition) is 1. The molecule has 4 aromatic rings. The van der Waals surface area contributed by atoms with E-state index in [2.05, 4.69) is 15.2 Å². The Bertz CT molecular complexity index is 1150. The third-order valence-corrected chi connectivity index (χ3v) is 5.90. The van der Waals surface area contributed by atoms with Crippen molar-refractivity contribution in [3.63, 3.8) is 0 Å². The molecule has 0 radical (unpaired) electrons. The van der Waals surface area contributed by atoms with Crippen LogP contribution in [0.5, 0.6) is 0 Å². The molecule has 0 bridgehead atoms. The summed E-state index contributed by atoms with van der Waals surface area (Å²) in [5.41, 5.74) is 3.04. The van der Waals surface area contributed by atoms with Crippen molar-refractivity contribution in [3.05, 3.63) is 66.7 Å². The number of imidazole rings is 1. The second-order valence-electron chi connectivity index (χ2n) is 6.72. The lowest BCUT2D eigenvalue weighted by molar-refractivity contribution is 0.102. The molecular weight excluding hydrogens is 386 g/mol. The van der Waals surface area contributed by atoms with Gasteiger partial charge in [-0.2, -0.15) is 0 Å². The highest BCUT2D eigenvalue weighted by Crippen LogP contribution is 2.31. The standard InChI is InChI=1S/C21H19N5O2S/c27-20(18-13-22-14-26(18)16-4-2-1-3-5-16)23-15-6-7-17-19(12-15)29-21(24-17)25-8-10-28-11-9-25/h1-7,12-14H,8-11H2,(H,23,27). The fourth-order valence-electron chi connectivity index (χ4n) is 3.33. The van der Waals surface area contributed by atoms with Gasteiger partial charge in [-0.3, -0.25) is 9.36 Å². The van der Waals surface area contributed by atoms with Gasteiger partial charge < -0.3 is 15.0 Å². The molecule has 29 heavy (non-hydrogen) atoms. The van der Waals surface area contributed by atoms with Gasteiger partial charge in [0.1, 0.15) is 5.69 Å². The van der Waals surface area contributed by atoms with Crippen LogP contribution in [-0.4, -0.2) is 46.7 Å². The predicted octanol–water partition coefficient (Wildman–Crippen LogP) is 3.57. The number of carbonyl (C=O) groups excluding carboxylic acids is 1. The SMILES string of the molecule is O=C(Nc1ccc2nc(N3CCOCC3)sc2c1)c1cncn1-c1ccccc1. The first-order chi connectivity index (χ1) is 14.3. The molecule has 1 N–H and O–H groups in total. The summed E-state index contributed by atoms with van der Waals surface area (Å²) in [6.07, 6.45) is 3.22. The van der Waals surface area contributed by atoms with Crippen molar-refractivity contribution in [2.75, 3.05) is 36.5 Å². The number of carbonyl (C=O) groups is 1. The average molecular weight is 405 g/mol. The molecule has 3 heterocycles. The van der Waals surface area contributed by atoms with Crippen LogP contribution in [0.2, 0.25) is 0 Å². The summed E-state index contributed by atoms with van der Waals surface area (Å²) in [4.78, 5) is 24.0. The monoisotopic (exact) mass is 405 g/mol. The molecule has 0 spiro atoms. The Balaban J connectivity index is 1.38. The molecule has 7 nitrogen and oxygen atoms in total. The van der Waals surface area contributed by atoms with Crippen LogP contribution in [0.15, 0.2) is 61.1 Å². The summed E-state index contributed by atoms with van der Waals surface area (Å²) in [5, 5.41) is 3.98. The van der Waals surface area contributed by atoms with E-state index in [0.717, 1.165) is 53.0 Å². The minimum atomic E-state index is -0.205. The summed E-state index contributed by atoms with van der Waals surface area (Å²) in [5.74, 6) is -0.205. The van der Waals surface area contributed by atoms with E-state index in [1.165, 1.54) is 0 Å². The molecule has 0 atom stereocenters. The largest absolute Gasteiger partial charge is 0.378 e. The quantitative estimate of drug-likeness (QED) is 0.562. The zero-order chi connectivity index (χ0) is 19.6. The third kappa shape index (κ3) is 3.59. The van der Waals surface area contributed by atoms with Crippen LogP contribution in [0.3, 0.4) is 0 Å². The zero-order valence-electron chi connectivity index (χ0n) is 15.6. The lowest BCUT2D eigenvalue weighted by Crippen LogP contribution is -2.36. The number of thiazole rings is 1. The van der Waals surface area contributed by atoms with Crippen molar-refractivity contribution >= 4 is 38.3 Å². The van der Waals surface area contributed by atoms with Crippen molar-refractivity contribution in [1.29, 1.82) is 0 Å². The van der Waals surface area contributed by atoms with Crippen molar-refractivity contribution < 1.29 is 9.53 Å². The normalized spacial score (nSPS) is 14.3. The van der Waals surface area contributed by atoms with Gasteiger partial charge in [0, 0.05) is 24.5 Å². The van der Waals surface area contributed by atoms with Gasteiger partial charge in [-0.25, -0.2) is 9.97 Å². The zero-order valence-corrected chi connectivity index (χ0v) is 16.4. The first-order valence-corrected chi connectivity index (χ1v) is 10.2. The molecule has 1 saturated heterocycles. The number of rotatable bonds is 4. The average Bonchev–Trinajstić information content (AvgIpc) is 3.42. The summed E-state index contributed by atoms with van der Waals surface area (Å²) in [7, 11) is 0. The number of anilines is 2. The van der Waals surface area contributed by atoms with Gasteiger partial charge in [-0.1, -0.05) is 29.5 Å². The fraction of sp³-hybridized carbons (Fsp3) is 0.190. The Morgan fingerprint density at radius 1 is 1.10 bits per heavy atom. The third-order valence-electron chi connectivity index (χ3n) is 4.82. The smallest absolute Gasteiger partial charge is 0.274 e. The van der Waals surface area contributed by atoms with Crippen molar-refractivity contribution in [2.45, 2.75) is 0 Å². The van der Waals surface area contributed by atoms with Crippen LogP contribution in [0.25, 0.3) is 15.9 Å². The highest BCUT2D eigenvalue weighted by atomic mass is 32.1. The van der Waals surface area contributed by atoms with E-state index in [-0.39, 0.29) is 5.91 Å². The van der Waals surface area contributed by atoms with Gasteiger partial charge in [0.25, 0.3) is 5.91 Å². The maximum Gasteiger partial charge on any atom is 0.274 e. The lowest BCUT2D eigenvalue weighted by Gasteiger charge is -2.25. The number of morpholine rings is 1. The number of para-hydroxylation sites is 1. The van der Waals surface area contributed by atoms with E-state index < -0.39 is 0 Å². The Morgan fingerprint density at radius 3 is 2.76 bits per heavy atom. The number of hydrogen-bond acceptors (Lipinski definition) is 6. The summed E-state index contributed by atoms with van der Waals surface area (Å²) in [6, 6.07) is 15.5. The molecular formula is C21H19N5O2S. The Kier molecular flexibility index (Phi) is 4.71. The van der Waals surface area contributed by atoms with E-state index >= 15 is 0 Å². The molecule has 0 unspecified atom stereocenters. The van der Waals surface area contributed by atoms with E-state index in [0.29, 0.717) is 5.69 Å². The number of nitrogens with one attached hydrogen (secondary N) is 1. The second-order valence-corrected chi connectivity index (χ2v) is 7.73. The number of aromatic nitrogens is 3. The van der Waals surface area contributed by atoms with Gasteiger partial charge in [-0.05, 0) is 30.3 Å². The minimum absolute atomic E-state index is 0.205. The van der Waals surface area contributed by atoms with Crippen LogP contribution >= 0.6 is 11.3 Å². The molecule has 1 aliphatic heterocycles. The van der Waals surface area contributed by atoms with Gasteiger partial charge in [0.2, 0.25) is 0 Å².